The van der Waals surface area contributed by atoms with Crippen molar-refractivity contribution in [2.75, 3.05) is 14.7 Å². The van der Waals surface area contributed by atoms with Gasteiger partial charge in [-0.3, -0.25) is 0 Å². The van der Waals surface area contributed by atoms with Gasteiger partial charge in [0.25, 0.3) is 0 Å². The summed E-state index contributed by atoms with van der Waals surface area (Å²) in [6, 6.07) is 139. The summed E-state index contributed by atoms with van der Waals surface area (Å²) in [6.45, 7) is 0. The molecule has 98 heavy (non-hydrogen) atoms. The molecule has 0 saturated heterocycles. The standard InChI is InChI=1S/C94H63GeN3/c1-95-89-83-47-26-49-85(89)97(69-53-56-74-71-41-20-23-44-77(71)93(81(74)60-69,64-33-12-4-13-34-64)65-35-14-5-15-36-65)87-51-28-52-88(91(87)95)98(70-54-57-75-72-42-21-24-45-78(72)94(82(75)61-70,66-37-16-6-17-38-66)67-39-18-7-19-40-67)86-50-27-48-84(90(86)95)96(83)68-55-58-80-76(59-68)73-43-22-25-46-79(73)92(80,62-29-8-2-9-30-62)63-31-10-3-11-32-63/h2-61H,1H3. The van der Waals surface area contributed by atoms with Crippen molar-refractivity contribution in [1.82, 2.24) is 0 Å². The minimum absolute atomic E-state index is 0.534. The molecule has 0 saturated carbocycles. The molecule has 0 N–H and O–H groups in total. The Hall–Kier alpha value is -11.8. The summed E-state index contributed by atoms with van der Waals surface area (Å²) < 4.78 is 4.40. The molecule has 6 aliphatic rings. The molecule has 15 aromatic rings. The summed E-state index contributed by atoms with van der Waals surface area (Å²) in [7, 11) is 0. The molecule has 4 heteroatoms. The van der Waals surface area contributed by atoms with Crippen molar-refractivity contribution >= 4 is 77.6 Å². The summed E-state index contributed by atoms with van der Waals surface area (Å²) in [6.07, 6.45) is 0. The molecule has 3 aliphatic carbocycles. The van der Waals surface area contributed by atoms with Gasteiger partial charge >= 0.3 is 578 Å². The van der Waals surface area contributed by atoms with Crippen LogP contribution in [0.1, 0.15) is 66.8 Å². The second-order valence-electron chi connectivity index (χ2n) is 27.4. The summed E-state index contributed by atoms with van der Waals surface area (Å²) in [4.78, 5) is 8.01. The van der Waals surface area contributed by atoms with Gasteiger partial charge in [-0.1, -0.05) is 0 Å². The second-order valence-corrected chi connectivity index (χ2v) is 35.3. The van der Waals surface area contributed by atoms with Gasteiger partial charge in [0.2, 0.25) is 0 Å². The number of hydrogen-bond donors (Lipinski definition) is 0. The molecule has 21 rings (SSSR count). The third-order valence-electron chi connectivity index (χ3n) is 23.1. The van der Waals surface area contributed by atoms with Crippen LogP contribution in [0.5, 0.6) is 0 Å². The fourth-order valence-electron chi connectivity index (χ4n) is 19.6. The van der Waals surface area contributed by atoms with E-state index >= 15 is 0 Å². The number of fused-ring (bicyclic) bond motifs is 9. The average Bonchev–Trinajstić information content (AvgIpc) is 0.946. The molecular formula is C94H63GeN3. The monoisotopic (exact) mass is 1310 g/mol. The molecule has 0 aromatic heterocycles. The van der Waals surface area contributed by atoms with Crippen molar-refractivity contribution in [3.63, 3.8) is 0 Å². The molecule has 0 radical (unpaired) electrons. The van der Waals surface area contributed by atoms with E-state index in [4.69, 9.17) is 0 Å². The normalized spacial score (nSPS) is 15.5. The van der Waals surface area contributed by atoms with Gasteiger partial charge in [0.1, 0.15) is 0 Å². The van der Waals surface area contributed by atoms with E-state index in [1.54, 1.807) is 0 Å². The molecule has 0 spiro atoms. The van der Waals surface area contributed by atoms with Gasteiger partial charge in [-0.25, -0.2) is 0 Å². The van der Waals surface area contributed by atoms with Gasteiger partial charge in [0.05, 0.1) is 0 Å². The first-order valence-electron chi connectivity index (χ1n) is 34.4. The molecular weight excluding hydrogens is 1240 g/mol. The summed E-state index contributed by atoms with van der Waals surface area (Å²) >= 11 is -3.90. The number of benzene rings is 15. The quantitative estimate of drug-likeness (QED) is 0.133. The maximum atomic E-state index is 2.73. The third-order valence-corrected chi connectivity index (χ3v) is 32.6. The zero-order valence-corrected chi connectivity index (χ0v) is 56.1. The van der Waals surface area contributed by atoms with Crippen LogP contribution in [0, 0.1) is 0 Å². The van der Waals surface area contributed by atoms with Gasteiger partial charge in [-0.05, 0) is 0 Å². The Morgan fingerprint density at radius 1 is 0.194 bits per heavy atom. The van der Waals surface area contributed by atoms with Crippen LogP contribution in [0.25, 0.3) is 33.4 Å². The number of anilines is 9. The predicted octanol–water partition coefficient (Wildman–Crippen LogP) is 21.2. The van der Waals surface area contributed by atoms with Crippen molar-refractivity contribution in [2.24, 2.45) is 0 Å². The second kappa shape index (κ2) is 20.6. The Morgan fingerprint density at radius 3 is 0.745 bits per heavy atom. The van der Waals surface area contributed by atoms with E-state index < -0.39 is 29.5 Å². The van der Waals surface area contributed by atoms with Gasteiger partial charge < -0.3 is 0 Å². The fraction of sp³-hybridized carbons (Fsp3) is 0.0426. The van der Waals surface area contributed by atoms with E-state index in [-0.39, 0.29) is 0 Å². The van der Waals surface area contributed by atoms with Gasteiger partial charge in [0, 0.05) is 0 Å². The van der Waals surface area contributed by atoms with Crippen molar-refractivity contribution in [1.29, 1.82) is 0 Å². The van der Waals surface area contributed by atoms with E-state index in [0.717, 1.165) is 17.1 Å². The number of nitrogens with zero attached hydrogens (tertiary/aromatic N) is 3. The molecule has 3 aliphatic heterocycles. The van der Waals surface area contributed by atoms with Crippen molar-refractivity contribution in [3.05, 3.63) is 431 Å². The van der Waals surface area contributed by atoms with Crippen molar-refractivity contribution < 1.29 is 0 Å². The van der Waals surface area contributed by atoms with E-state index in [0.29, 0.717) is 0 Å². The minimum atomic E-state index is -3.90. The van der Waals surface area contributed by atoms with Crippen LogP contribution in [-0.2, 0) is 16.2 Å². The van der Waals surface area contributed by atoms with Crippen LogP contribution in [0.4, 0.5) is 51.2 Å². The summed E-state index contributed by atoms with van der Waals surface area (Å²) in [5, 5.41) is 0. The predicted molar refractivity (Wildman–Crippen MR) is 406 cm³/mol. The Bertz CT molecular complexity index is 5410. The molecule has 15 aromatic carbocycles. The molecule has 0 bridgehead atoms. The van der Waals surface area contributed by atoms with E-state index in [1.165, 1.54) is 147 Å². The summed E-state index contributed by atoms with van der Waals surface area (Å²) in [5.41, 5.74) is 32.1. The maximum absolute atomic E-state index is 3.90. The van der Waals surface area contributed by atoms with Crippen LogP contribution in [-0.4, -0.2) is 13.3 Å². The first-order valence-corrected chi connectivity index (χ1v) is 39.6. The van der Waals surface area contributed by atoms with E-state index in [2.05, 4.69) is 384 Å². The van der Waals surface area contributed by atoms with Crippen molar-refractivity contribution in [2.45, 2.75) is 22.0 Å². The first-order chi connectivity index (χ1) is 48.5. The Balaban J connectivity index is 0.846. The first kappa shape index (κ1) is 55.5. The van der Waals surface area contributed by atoms with Gasteiger partial charge in [0.15, 0.2) is 0 Å². The third kappa shape index (κ3) is 7.03. The summed E-state index contributed by atoms with van der Waals surface area (Å²) in [5.74, 6) is 2.73. The van der Waals surface area contributed by atoms with Crippen LogP contribution in [0.3, 0.4) is 0 Å². The Morgan fingerprint density at radius 2 is 0.429 bits per heavy atom. The molecule has 0 atom stereocenters. The molecule has 3 nitrogen and oxygen atoms in total. The zero-order chi connectivity index (χ0) is 64.5. The van der Waals surface area contributed by atoms with Crippen LogP contribution in [0.15, 0.2) is 364 Å². The van der Waals surface area contributed by atoms with Crippen molar-refractivity contribution in [3.8, 4) is 33.4 Å². The van der Waals surface area contributed by atoms with E-state index in [1.807, 2.05) is 0 Å². The molecule has 0 unspecified atom stereocenters. The fourth-order valence-corrected chi connectivity index (χ4v) is 30.0. The van der Waals surface area contributed by atoms with Gasteiger partial charge in [-0.2, -0.15) is 0 Å². The molecule has 3 heterocycles. The van der Waals surface area contributed by atoms with Gasteiger partial charge in [-0.15, -0.1) is 0 Å². The SMILES string of the molecule is [CH3][Ge]12[c]3c4cccc3N(c3ccc5c(c3)C(c3ccccc3)(c3ccccc3)c3ccccc3-5)c3cccc([c]31)N(c1ccc3c(c1)C(c1ccccc1)(c1ccccc1)c1ccccc1-3)c1cccc([c]12)N4c1ccc2c(c1)-c1ccccc1C2(c1ccccc1)c1ccccc1. The number of hydrogen-bond acceptors (Lipinski definition) is 3. The van der Waals surface area contributed by atoms with Crippen LogP contribution >= 0.6 is 0 Å². The molecule has 458 valence electrons. The molecule has 0 amide bonds. The molecule has 0 fully saturated rings. The zero-order valence-electron chi connectivity index (χ0n) is 54.0. The van der Waals surface area contributed by atoms with Crippen LogP contribution < -0.4 is 27.9 Å². The Kier molecular flexibility index (Phi) is 11.7. The number of rotatable bonds is 9. The van der Waals surface area contributed by atoms with E-state index in [9.17, 15) is 0 Å². The average molecular weight is 1310 g/mol. The topological polar surface area (TPSA) is 9.72 Å². The van der Waals surface area contributed by atoms with Crippen LogP contribution in [0.2, 0.25) is 5.76 Å². The Labute approximate surface area is 574 Å².